The van der Waals surface area contributed by atoms with Crippen molar-refractivity contribution in [1.29, 1.82) is 0 Å². The van der Waals surface area contributed by atoms with Crippen molar-refractivity contribution in [1.82, 2.24) is 5.43 Å². The molecule has 1 aliphatic carbocycles. The van der Waals surface area contributed by atoms with Gasteiger partial charge in [0.15, 0.2) is 0 Å². The third-order valence-electron chi connectivity index (χ3n) is 3.84. The molecule has 2 aromatic rings. The number of hydrogen-bond donors (Lipinski definition) is 2. The predicted molar refractivity (Wildman–Crippen MR) is 83.5 cm³/mol. The van der Waals surface area contributed by atoms with Crippen molar-refractivity contribution >= 4 is 17.2 Å². The van der Waals surface area contributed by atoms with Crippen LogP contribution in [0.5, 0.6) is 5.75 Å². The van der Waals surface area contributed by atoms with E-state index in [1.165, 1.54) is 35.3 Å². The lowest BCUT2D eigenvalue weighted by Gasteiger charge is -2.08. The molecule has 0 saturated heterocycles. The number of ether oxygens (including phenoxy) is 1. The number of nitrogen functional groups attached to an aromatic ring is 1. The predicted octanol–water partition coefficient (Wildman–Crippen LogP) is 2.73. The zero-order valence-corrected chi connectivity index (χ0v) is 12.8. The summed E-state index contributed by atoms with van der Waals surface area (Å²) < 4.78 is 5.87. The maximum atomic E-state index is 11.5. The minimum atomic E-state index is -0.258. The second-order valence-corrected chi connectivity index (χ2v) is 6.49. The first-order valence-electron chi connectivity index (χ1n) is 7.02. The smallest absolute Gasteiger partial charge is 0.275 e. The fourth-order valence-electron chi connectivity index (χ4n) is 2.65. The molecule has 5 heteroatoms. The zero-order valence-electron chi connectivity index (χ0n) is 11.9. The number of amides is 1. The van der Waals surface area contributed by atoms with Gasteiger partial charge < -0.3 is 4.74 Å². The summed E-state index contributed by atoms with van der Waals surface area (Å²) in [6, 6.07) is 8.16. The summed E-state index contributed by atoms with van der Waals surface area (Å²) >= 11 is 1.43. The maximum Gasteiger partial charge on any atom is 0.275 e. The average molecular weight is 302 g/mol. The van der Waals surface area contributed by atoms with Crippen LogP contribution < -0.4 is 16.0 Å². The number of carbonyl (C=O) groups excluding carboxylic acids is 1. The third kappa shape index (κ3) is 2.94. The van der Waals surface area contributed by atoms with Crippen LogP contribution in [-0.2, 0) is 19.4 Å². The standard InChI is InChI=1S/C16H18N2O2S/c1-10-13(8-15(21-10)16(19)18-17)9-20-14-6-5-11-3-2-4-12(11)7-14/h5-8H,2-4,9,17H2,1H3,(H,18,19). The maximum absolute atomic E-state index is 11.5. The summed E-state index contributed by atoms with van der Waals surface area (Å²) in [5, 5.41) is 0. The Balaban J connectivity index is 1.70. The summed E-state index contributed by atoms with van der Waals surface area (Å²) in [6.45, 7) is 2.46. The van der Waals surface area contributed by atoms with Gasteiger partial charge in [0.25, 0.3) is 5.91 Å². The van der Waals surface area contributed by atoms with Crippen molar-refractivity contribution in [3.8, 4) is 5.75 Å². The van der Waals surface area contributed by atoms with Crippen LogP contribution in [0.2, 0.25) is 0 Å². The summed E-state index contributed by atoms with van der Waals surface area (Å²) in [7, 11) is 0. The van der Waals surface area contributed by atoms with Gasteiger partial charge in [-0.25, -0.2) is 5.84 Å². The van der Waals surface area contributed by atoms with E-state index in [0.717, 1.165) is 22.6 Å². The van der Waals surface area contributed by atoms with E-state index in [0.29, 0.717) is 11.5 Å². The van der Waals surface area contributed by atoms with Crippen LogP contribution in [0.4, 0.5) is 0 Å². The average Bonchev–Trinajstić information content (AvgIpc) is 3.10. The van der Waals surface area contributed by atoms with Crippen LogP contribution >= 0.6 is 11.3 Å². The molecule has 21 heavy (non-hydrogen) atoms. The molecule has 0 fully saturated rings. The van der Waals surface area contributed by atoms with Gasteiger partial charge in [-0.2, -0.15) is 0 Å². The number of nitrogens with two attached hydrogens (primary N) is 1. The zero-order chi connectivity index (χ0) is 14.8. The number of carbonyl (C=O) groups is 1. The molecular formula is C16H18N2O2S. The van der Waals surface area contributed by atoms with Crippen LogP contribution in [0, 0.1) is 6.92 Å². The molecule has 110 valence electrons. The van der Waals surface area contributed by atoms with Crippen LogP contribution in [0.3, 0.4) is 0 Å². The molecule has 0 unspecified atom stereocenters. The lowest BCUT2D eigenvalue weighted by molar-refractivity contribution is 0.0957. The molecule has 1 aliphatic rings. The Labute approximate surface area is 127 Å². The first kappa shape index (κ1) is 14.1. The van der Waals surface area contributed by atoms with Crippen molar-refractivity contribution in [2.45, 2.75) is 32.8 Å². The number of benzene rings is 1. The van der Waals surface area contributed by atoms with Crippen LogP contribution in [0.15, 0.2) is 24.3 Å². The minimum Gasteiger partial charge on any atom is -0.489 e. The number of nitrogens with one attached hydrogen (secondary N) is 1. The summed E-state index contributed by atoms with van der Waals surface area (Å²) in [4.78, 5) is 13.2. The normalized spacial score (nSPS) is 13.0. The van der Waals surface area contributed by atoms with Gasteiger partial charge in [0, 0.05) is 10.4 Å². The van der Waals surface area contributed by atoms with Crippen LogP contribution in [0.25, 0.3) is 0 Å². The molecule has 4 nitrogen and oxygen atoms in total. The Bertz CT molecular complexity index is 679. The van der Waals surface area contributed by atoms with E-state index in [1.807, 2.05) is 19.1 Å². The van der Waals surface area contributed by atoms with Gasteiger partial charge in [-0.3, -0.25) is 10.2 Å². The molecule has 3 rings (SSSR count). The molecule has 0 aliphatic heterocycles. The van der Waals surface area contributed by atoms with Gasteiger partial charge in [-0.15, -0.1) is 11.3 Å². The molecule has 0 radical (unpaired) electrons. The fraction of sp³-hybridized carbons (Fsp3) is 0.312. The second-order valence-electron chi connectivity index (χ2n) is 5.24. The van der Waals surface area contributed by atoms with Gasteiger partial charge in [-0.05, 0) is 55.5 Å². The second kappa shape index (κ2) is 5.87. The van der Waals surface area contributed by atoms with Crippen molar-refractivity contribution < 1.29 is 9.53 Å². The highest BCUT2D eigenvalue weighted by Gasteiger charge is 2.13. The molecule has 0 bridgehead atoms. The molecule has 1 aromatic heterocycles. The van der Waals surface area contributed by atoms with E-state index in [2.05, 4.69) is 17.6 Å². The Morgan fingerprint density at radius 1 is 1.33 bits per heavy atom. The quantitative estimate of drug-likeness (QED) is 0.518. The Morgan fingerprint density at radius 3 is 2.95 bits per heavy atom. The first-order valence-corrected chi connectivity index (χ1v) is 7.84. The monoisotopic (exact) mass is 302 g/mol. The van der Waals surface area contributed by atoms with E-state index in [4.69, 9.17) is 10.6 Å². The van der Waals surface area contributed by atoms with E-state index in [1.54, 1.807) is 0 Å². The van der Waals surface area contributed by atoms with E-state index < -0.39 is 0 Å². The lowest BCUT2D eigenvalue weighted by atomic mass is 10.1. The molecule has 0 atom stereocenters. The number of rotatable bonds is 4. The van der Waals surface area contributed by atoms with Gasteiger partial charge in [-0.1, -0.05) is 6.07 Å². The van der Waals surface area contributed by atoms with Crippen LogP contribution in [0.1, 0.15) is 37.7 Å². The van der Waals surface area contributed by atoms with Crippen molar-refractivity contribution in [3.63, 3.8) is 0 Å². The highest BCUT2D eigenvalue weighted by molar-refractivity contribution is 7.14. The van der Waals surface area contributed by atoms with E-state index in [-0.39, 0.29) is 5.91 Å². The number of fused-ring (bicyclic) bond motifs is 1. The van der Waals surface area contributed by atoms with Crippen molar-refractivity contribution in [2.24, 2.45) is 5.84 Å². The van der Waals surface area contributed by atoms with Crippen molar-refractivity contribution in [2.75, 3.05) is 0 Å². The highest BCUT2D eigenvalue weighted by atomic mass is 32.1. The topological polar surface area (TPSA) is 64.4 Å². The summed E-state index contributed by atoms with van der Waals surface area (Å²) in [6.07, 6.45) is 3.56. The van der Waals surface area contributed by atoms with Crippen molar-refractivity contribution in [3.05, 3.63) is 50.7 Å². The number of hydrogen-bond acceptors (Lipinski definition) is 4. The highest BCUT2D eigenvalue weighted by Crippen LogP contribution is 2.27. The minimum absolute atomic E-state index is 0.258. The molecule has 0 saturated carbocycles. The molecule has 1 heterocycles. The van der Waals surface area contributed by atoms with Crippen LogP contribution in [-0.4, -0.2) is 5.91 Å². The first-order chi connectivity index (χ1) is 10.2. The number of thiophene rings is 1. The Kier molecular flexibility index (Phi) is 3.94. The molecule has 3 N–H and O–H groups in total. The molecule has 1 amide bonds. The van der Waals surface area contributed by atoms with Gasteiger partial charge in [0.2, 0.25) is 0 Å². The lowest BCUT2D eigenvalue weighted by Crippen LogP contribution is -2.29. The SMILES string of the molecule is Cc1sc(C(=O)NN)cc1COc1ccc2c(c1)CCC2. The fourth-order valence-corrected chi connectivity index (χ4v) is 3.58. The third-order valence-corrected chi connectivity index (χ3v) is 4.93. The number of hydrazine groups is 1. The molecule has 0 spiro atoms. The summed E-state index contributed by atoms with van der Waals surface area (Å²) in [5.74, 6) is 5.79. The van der Waals surface area contributed by atoms with E-state index >= 15 is 0 Å². The van der Waals surface area contributed by atoms with Gasteiger partial charge in [0.05, 0.1) is 4.88 Å². The largest absolute Gasteiger partial charge is 0.489 e. The Morgan fingerprint density at radius 2 is 2.14 bits per heavy atom. The molecule has 1 aromatic carbocycles. The Hall–Kier alpha value is -1.85. The molecular weight excluding hydrogens is 284 g/mol. The summed E-state index contributed by atoms with van der Waals surface area (Å²) in [5.41, 5.74) is 6.02. The number of aryl methyl sites for hydroxylation is 3. The van der Waals surface area contributed by atoms with Gasteiger partial charge >= 0.3 is 0 Å². The van der Waals surface area contributed by atoms with E-state index in [9.17, 15) is 4.79 Å². The van der Waals surface area contributed by atoms with Gasteiger partial charge in [0.1, 0.15) is 12.4 Å².